The smallest absolute Gasteiger partial charge is 0.387 e. The van der Waals surface area contributed by atoms with E-state index in [1.54, 1.807) is 18.5 Å². The van der Waals surface area contributed by atoms with Gasteiger partial charge in [-0.1, -0.05) is 17.8 Å². The number of benzene rings is 1. The second-order valence-electron chi connectivity index (χ2n) is 4.83. The topological polar surface area (TPSA) is 78.3 Å². The lowest BCUT2D eigenvalue weighted by Gasteiger charge is -2.12. The van der Waals surface area contributed by atoms with Crippen molar-refractivity contribution >= 4 is 17.7 Å². The van der Waals surface area contributed by atoms with Gasteiger partial charge in [-0.3, -0.25) is 4.79 Å². The van der Waals surface area contributed by atoms with Gasteiger partial charge in [0.05, 0.1) is 12.9 Å². The van der Waals surface area contributed by atoms with Crippen LogP contribution in [0.4, 0.5) is 8.78 Å². The fourth-order valence-electron chi connectivity index (χ4n) is 1.97. The van der Waals surface area contributed by atoms with Crippen LogP contribution in [0.15, 0.2) is 29.7 Å². The molecule has 10 heteroatoms. The monoisotopic (exact) mass is 372 g/mol. The van der Waals surface area contributed by atoms with E-state index in [0.29, 0.717) is 10.7 Å². The van der Waals surface area contributed by atoms with Gasteiger partial charge in [-0.15, -0.1) is 10.2 Å². The Balaban J connectivity index is 1.86. The molecule has 136 valence electrons. The number of alkyl halides is 2. The van der Waals surface area contributed by atoms with Gasteiger partial charge in [0.15, 0.2) is 16.7 Å². The number of carbonyl (C=O) groups excluding carboxylic acids is 1. The Morgan fingerprint density at radius 2 is 2.20 bits per heavy atom. The maximum absolute atomic E-state index is 12.3. The number of hydrogen-bond acceptors (Lipinski definition) is 6. The molecular weight excluding hydrogens is 354 g/mol. The summed E-state index contributed by atoms with van der Waals surface area (Å²) in [7, 11) is 1.36. The molecule has 0 unspecified atom stereocenters. The third kappa shape index (κ3) is 5.59. The lowest BCUT2D eigenvalue weighted by molar-refractivity contribution is -0.118. The highest BCUT2D eigenvalue weighted by Gasteiger charge is 2.12. The highest BCUT2D eigenvalue weighted by atomic mass is 32.2. The van der Waals surface area contributed by atoms with Gasteiger partial charge in [-0.05, 0) is 24.6 Å². The third-order valence-corrected chi connectivity index (χ3v) is 4.17. The number of aromatic nitrogens is 3. The highest BCUT2D eigenvalue weighted by molar-refractivity contribution is 7.99. The van der Waals surface area contributed by atoms with E-state index in [9.17, 15) is 13.6 Å². The molecule has 7 nitrogen and oxygen atoms in total. The molecule has 0 fully saturated rings. The number of methoxy groups -OCH3 is 1. The summed E-state index contributed by atoms with van der Waals surface area (Å²) in [6.07, 6.45) is 1.61. The van der Waals surface area contributed by atoms with Crippen molar-refractivity contribution in [3.05, 3.63) is 30.1 Å². The van der Waals surface area contributed by atoms with Crippen LogP contribution in [0.1, 0.15) is 12.5 Å². The number of hydrogen-bond donors (Lipinski definition) is 1. The van der Waals surface area contributed by atoms with Crippen LogP contribution >= 0.6 is 11.8 Å². The molecule has 0 saturated carbocycles. The van der Waals surface area contributed by atoms with E-state index in [4.69, 9.17) is 4.74 Å². The van der Waals surface area contributed by atoms with Crippen LogP contribution in [0.3, 0.4) is 0 Å². The quantitative estimate of drug-likeness (QED) is 0.681. The predicted molar refractivity (Wildman–Crippen MR) is 87.9 cm³/mol. The van der Waals surface area contributed by atoms with Crippen molar-refractivity contribution in [2.45, 2.75) is 31.8 Å². The lowest BCUT2D eigenvalue weighted by atomic mass is 10.2. The van der Waals surface area contributed by atoms with Gasteiger partial charge >= 0.3 is 6.61 Å². The Kier molecular flexibility index (Phi) is 6.99. The molecule has 0 aliphatic heterocycles. The molecule has 1 N–H and O–H groups in total. The van der Waals surface area contributed by atoms with Gasteiger partial charge in [0.2, 0.25) is 5.91 Å². The third-order valence-electron chi connectivity index (χ3n) is 3.19. The highest BCUT2D eigenvalue weighted by Crippen LogP contribution is 2.29. The van der Waals surface area contributed by atoms with Gasteiger partial charge in [0.25, 0.3) is 0 Å². The van der Waals surface area contributed by atoms with Crippen molar-refractivity contribution in [2.24, 2.45) is 0 Å². The molecule has 0 spiro atoms. The second-order valence-corrected chi connectivity index (χ2v) is 5.77. The Labute approximate surface area is 147 Å². The lowest BCUT2D eigenvalue weighted by Crippen LogP contribution is -2.24. The minimum absolute atomic E-state index is 0.0537. The summed E-state index contributed by atoms with van der Waals surface area (Å²) in [5.74, 6) is 0.143. The normalized spacial score (nSPS) is 10.8. The number of carbonyl (C=O) groups is 1. The number of halogens is 2. The van der Waals surface area contributed by atoms with E-state index in [1.807, 2.05) is 11.5 Å². The zero-order valence-corrected chi connectivity index (χ0v) is 14.6. The largest absolute Gasteiger partial charge is 0.493 e. The zero-order valence-electron chi connectivity index (χ0n) is 13.7. The average molecular weight is 372 g/mol. The summed E-state index contributed by atoms with van der Waals surface area (Å²) in [4.78, 5) is 11.9. The maximum Gasteiger partial charge on any atom is 0.387 e. The van der Waals surface area contributed by atoms with Crippen LogP contribution in [0.25, 0.3) is 0 Å². The van der Waals surface area contributed by atoms with Gasteiger partial charge in [-0.2, -0.15) is 8.78 Å². The van der Waals surface area contributed by atoms with Crippen LogP contribution in [0.2, 0.25) is 0 Å². The second kappa shape index (κ2) is 9.21. The summed E-state index contributed by atoms with van der Waals surface area (Å²) in [5.41, 5.74) is 0.702. The first-order valence-electron chi connectivity index (χ1n) is 7.42. The maximum atomic E-state index is 12.3. The number of amides is 1. The van der Waals surface area contributed by atoms with E-state index >= 15 is 0 Å². The van der Waals surface area contributed by atoms with Crippen LogP contribution in [0, 0.1) is 0 Å². The summed E-state index contributed by atoms with van der Waals surface area (Å²) >= 11 is 1.29. The zero-order chi connectivity index (χ0) is 18.2. The molecule has 25 heavy (non-hydrogen) atoms. The standard InChI is InChI=1S/C15H18F2N4O3S/c1-3-21-9-19-20-15(21)25-8-13(22)18-7-10-4-5-11(24-14(16)17)12(6-10)23-2/h4-6,9,14H,3,7-8H2,1-2H3,(H,18,22). The van der Waals surface area contributed by atoms with Gasteiger partial charge in [0.1, 0.15) is 6.33 Å². The molecule has 0 aliphatic carbocycles. The van der Waals surface area contributed by atoms with Crippen LogP contribution in [-0.4, -0.2) is 40.1 Å². The van der Waals surface area contributed by atoms with Crippen LogP contribution in [-0.2, 0) is 17.9 Å². The summed E-state index contributed by atoms with van der Waals surface area (Å²) in [5, 5.41) is 11.2. The first-order valence-corrected chi connectivity index (χ1v) is 8.41. The first kappa shape index (κ1) is 19.0. The van der Waals surface area contributed by atoms with Crippen molar-refractivity contribution in [1.82, 2.24) is 20.1 Å². The Bertz CT molecular complexity index is 712. The van der Waals surface area contributed by atoms with Crippen molar-refractivity contribution in [3.8, 4) is 11.5 Å². The Morgan fingerprint density at radius 3 is 2.88 bits per heavy atom. The molecule has 0 bridgehead atoms. The summed E-state index contributed by atoms with van der Waals surface area (Å²) in [6, 6.07) is 4.51. The van der Waals surface area contributed by atoms with Gasteiger partial charge in [-0.25, -0.2) is 0 Å². The summed E-state index contributed by atoms with van der Waals surface area (Å²) in [6.45, 7) is -0.00120. The van der Waals surface area contributed by atoms with Gasteiger partial charge < -0.3 is 19.4 Å². The Hall–Kier alpha value is -2.36. The number of ether oxygens (including phenoxy) is 2. The molecule has 0 saturated heterocycles. The molecule has 1 aromatic heterocycles. The number of nitrogens with zero attached hydrogens (tertiary/aromatic N) is 3. The van der Waals surface area contributed by atoms with E-state index in [-0.39, 0.29) is 29.7 Å². The Morgan fingerprint density at radius 1 is 1.40 bits per heavy atom. The van der Waals surface area contributed by atoms with E-state index in [0.717, 1.165) is 6.54 Å². The number of thioether (sulfide) groups is 1. The molecule has 1 aromatic carbocycles. The van der Waals surface area contributed by atoms with E-state index in [1.165, 1.54) is 24.9 Å². The molecule has 1 heterocycles. The predicted octanol–water partition coefficient (Wildman–Crippen LogP) is 2.32. The van der Waals surface area contributed by atoms with Crippen LogP contribution < -0.4 is 14.8 Å². The molecule has 0 radical (unpaired) electrons. The van der Waals surface area contributed by atoms with E-state index in [2.05, 4.69) is 20.3 Å². The van der Waals surface area contributed by atoms with Crippen molar-refractivity contribution in [1.29, 1.82) is 0 Å². The first-order chi connectivity index (χ1) is 12.0. The molecule has 1 amide bonds. The van der Waals surface area contributed by atoms with E-state index < -0.39 is 6.61 Å². The minimum atomic E-state index is -2.93. The molecule has 2 rings (SSSR count). The van der Waals surface area contributed by atoms with Crippen LogP contribution in [0.5, 0.6) is 11.5 Å². The van der Waals surface area contributed by atoms with Crippen molar-refractivity contribution < 1.29 is 23.0 Å². The fraction of sp³-hybridized carbons (Fsp3) is 0.400. The SMILES string of the molecule is CCn1cnnc1SCC(=O)NCc1ccc(OC(F)F)c(OC)c1. The average Bonchev–Trinajstić information content (AvgIpc) is 3.06. The molecule has 0 atom stereocenters. The molecule has 0 aliphatic rings. The molecular formula is C15H18F2N4O3S. The van der Waals surface area contributed by atoms with Crippen molar-refractivity contribution in [2.75, 3.05) is 12.9 Å². The number of rotatable bonds is 9. The minimum Gasteiger partial charge on any atom is -0.493 e. The van der Waals surface area contributed by atoms with Gasteiger partial charge in [0, 0.05) is 13.1 Å². The number of nitrogens with one attached hydrogen (secondary N) is 1. The summed E-state index contributed by atoms with van der Waals surface area (Å²) < 4.78 is 35.8. The molecule has 2 aromatic rings. The van der Waals surface area contributed by atoms with Crippen molar-refractivity contribution in [3.63, 3.8) is 0 Å². The number of aryl methyl sites for hydroxylation is 1. The fourth-order valence-corrected chi connectivity index (χ4v) is 2.78.